The molecular weight excluding hydrogens is 270 g/mol. The Bertz CT molecular complexity index is 324. The summed E-state index contributed by atoms with van der Waals surface area (Å²) in [5.74, 6) is 0.620. The summed E-state index contributed by atoms with van der Waals surface area (Å²) < 4.78 is 1.10. The molecule has 0 radical (unpaired) electrons. The van der Waals surface area contributed by atoms with E-state index in [-0.39, 0.29) is 0 Å². The molecule has 1 aliphatic carbocycles. The number of hydrogen-bond donors (Lipinski definition) is 1. The zero-order chi connectivity index (χ0) is 9.42. The Balaban J connectivity index is 2.34. The van der Waals surface area contributed by atoms with E-state index in [9.17, 15) is 0 Å². The summed E-state index contributed by atoms with van der Waals surface area (Å²) in [7, 11) is 1.99. The molecule has 1 N–H and O–H groups in total. The third-order valence-electron chi connectivity index (χ3n) is 2.50. The minimum atomic E-state index is 0.620. The lowest BCUT2D eigenvalue weighted by Gasteiger charge is -2.09. The second-order valence-electron chi connectivity index (χ2n) is 3.32. The third kappa shape index (κ3) is 1.67. The fourth-order valence-electron chi connectivity index (χ4n) is 1.93. The second-order valence-corrected chi connectivity index (χ2v) is 6.12. The highest BCUT2D eigenvalue weighted by molar-refractivity contribution is 9.11. The number of aryl methyl sites for hydroxylation is 1. The van der Waals surface area contributed by atoms with Gasteiger partial charge in [0.1, 0.15) is 0 Å². The monoisotopic (exact) mass is 279 g/mol. The highest BCUT2D eigenvalue weighted by Gasteiger charge is 2.28. The minimum absolute atomic E-state index is 0.620. The number of thiophene rings is 1. The van der Waals surface area contributed by atoms with Crippen LogP contribution in [0.4, 0.5) is 0 Å². The summed E-state index contributed by atoms with van der Waals surface area (Å²) in [5.41, 5.74) is 1.38. The van der Waals surface area contributed by atoms with Crippen molar-refractivity contribution in [3.8, 4) is 0 Å². The van der Waals surface area contributed by atoms with Crippen molar-refractivity contribution in [3.05, 3.63) is 19.2 Å². The van der Waals surface area contributed by atoms with Gasteiger partial charge in [-0.25, -0.2) is 0 Å². The van der Waals surface area contributed by atoms with Gasteiger partial charge in [0.05, 0.1) is 8.81 Å². The molecule has 1 aromatic rings. The van der Waals surface area contributed by atoms with Gasteiger partial charge in [-0.1, -0.05) is 11.6 Å². The van der Waals surface area contributed by atoms with Gasteiger partial charge in [-0.15, -0.1) is 11.3 Å². The maximum absolute atomic E-state index is 6.22. The number of fused-ring (bicyclic) bond motifs is 1. The predicted octanol–water partition coefficient (Wildman–Crippen LogP) is 3.41. The number of likely N-dealkylation sites (N-methyl/N-ethyl adjacent to an activating group) is 1. The lowest BCUT2D eigenvalue weighted by Crippen LogP contribution is -2.15. The SMILES string of the molecule is CNCC1CCc2sc(Br)c(Cl)c21. The van der Waals surface area contributed by atoms with E-state index >= 15 is 0 Å². The highest BCUT2D eigenvalue weighted by Crippen LogP contribution is 2.46. The first-order valence-electron chi connectivity index (χ1n) is 4.35. The molecule has 1 nitrogen and oxygen atoms in total. The molecule has 0 saturated carbocycles. The summed E-state index contributed by atoms with van der Waals surface area (Å²) in [5, 5.41) is 4.16. The summed E-state index contributed by atoms with van der Waals surface area (Å²) in [6.45, 7) is 1.04. The van der Waals surface area contributed by atoms with Crippen molar-refractivity contribution in [3.63, 3.8) is 0 Å². The fraction of sp³-hybridized carbons (Fsp3) is 0.556. The van der Waals surface area contributed by atoms with E-state index in [4.69, 9.17) is 11.6 Å². The van der Waals surface area contributed by atoms with E-state index < -0.39 is 0 Å². The largest absolute Gasteiger partial charge is 0.319 e. The van der Waals surface area contributed by atoms with Gasteiger partial charge >= 0.3 is 0 Å². The minimum Gasteiger partial charge on any atom is -0.319 e. The van der Waals surface area contributed by atoms with Gasteiger partial charge in [-0.2, -0.15) is 0 Å². The molecule has 0 spiro atoms. The van der Waals surface area contributed by atoms with Gasteiger partial charge in [0, 0.05) is 11.4 Å². The molecule has 2 rings (SSSR count). The third-order valence-corrected chi connectivity index (χ3v) is 5.17. The van der Waals surface area contributed by atoms with Crippen LogP contribution in [0.15, 0.2) is 3.79 Å². The molecule has 1 unspecified atom stereocenters. The van der Waals surface area contributed by atoms with Gasteiger partial charge in [0.2, 0.25) is 0 Å². The van der Waals surface area contributed by atoms with E-state index in [0.29, 0.717) is 5.92 Å². The van der Waals surface area contributed by atoms with E-state index in [2.05, 4.69) is 21.2 Å². The van der Waals surface area contributed by atoms with Gasteiger partial charge in [0.15, 0.2) is 0 Å². The molecule has 4 heteroatoms. The molecule has 0 aromatic carbocycles. The number of halogens is 2. The molecule has 72 valence electrons. The standard InChI is InChI=1S/C9H11BrClNS/c1-12-4-5-2-3-6-7(5)8(11)9(10)13-6/h5,12H,2-4H2,1H3. The Labute approximate surface area is 95.6 Å². The number of rotatable bonds is 2. The normalized spacial score (nSPS) is 20.7. The Morgan fingerprint density at radius 2 is 2.46 bits per heavy atom. The first-order valence-corrected chi connectivity index (χ1v) is 6.34. The van der Waals surface area contributed by atoms with Crippen LogP contribution in [0.25, 0.3) is 0 Å². The lowest BCUT2D eigenvalue weighted by molar-refractivity contribution is 0.623. The zero-order valence-electron chi connectivity index (χ0n) is 7.36. The van der Waals surface area contributed by atoms with Crippen LogP contribution in [0.3, 0.4) is 0 Å². The van der Waals surface area contributed by atoms with Crippen LogP contribution in [-0.4, -0.2) is 13.6 Å². The van der Waals surface area contributed by atoms with Crippen LogP contribution in [-0.2, 0) is 6.42 Å². The molecule has 0 aliphatic heterocycles. The Morgan fingerprint density at radius 3 is 3.15 bits per heavy atom. The smallest absolute Gasteiger partial charge is 0.0890 e. The molecular formula is C9H11BrClNS. The quantitative estimate of drug-likeness (QED) is 0.875. The average molecular weight is 281 g/mol. The molecule has 0 bridgehead atoms. The summed E-state index contributed by atoms with van der Waals surface area (Å²) >= 11 is 11.5. The number of hydrogen-bond acceptors (Lipinski definition) is 2. The lowest BCUT2D eigenvalue weighted by atomic mass is 10.0. The van der Waals surface area contributed by atoms with E-state index in [1.807, 2.05) is 7.05 Å². The molecule has 1 atom stereocenters. The van der Waals surface area contributed by atoms with Crippen molar-refractivity contribution < 1.29 is 0 Å². The Morgan fingerprint density at radius 1 is 1.69 bits per heavy atom. The van der Waals surface area contributed by atoms with Crippen molar-refractivity contribution in [2.45, 2.75) is 18.8 Å². The van der Waals surface area contributed by atoms with Crippen LogP contribution < -0.4 is 5.32 Å². The highest BCUT2D eigenvalue weighted by atomic mass is 79.9. The van der Waals surface area contributed by atoms with E-state index in [0.717, 1.165) is 15.4 Å². The van der Waals surface area contributed by atoms with Crippen LogP contribution in [0.1, 0.15) is 22.8 Å². The maximum atomic E-state index is 6.22. The summed E-state index contributed by atoms with van der Waals surface area (Å²) in [6.07, 6.45) is 2.44. The van der Waals surface area contributed by atoms with Crippen LogP contribution in [0.5, 0.6) is 0 Å². The topological polar surface area (TPSA) is 12.0 Å². The summed E-state index contributed by atoms with van der Waals surface area (Å²) in [6, 6.07) is 0. The second kappa shape index (κ2) is 3.89. The molecule has 13 heavy (non-hydrogen) atoms. The van der Waals surface area contributed by atoms with Crippen molar-refractivity contribution >= 4 is 38.9 Å². The van der Waals surface area contributed by atoms with E-state index in [1.165, 1.54) is 23.3 Å². The van der Waals surface area contributed by atoms with Gasteiger partial charge in [-0.3, -0.25) is 0 Å². The van der Waals surface area contributed by atoms with Crippen LogP contribution >= 0.6 is 38.9 Å². The van der Waals surface area contributed by atoms with Gasteiger partial charge in [-0.05, 0) is 47.3 Å². The van der Waals surface area contributed by atoms with Crippen LogP contribution in [0.2, 0.25) is 5.02 Å². The molecule has 1 heterocycles. The zero-order valence-corrected chi connectivity index (χ0v) is 10.5. The first-order chi connectivity index (χ1) is 6.24. The molecule has 1 aliphatic rings. The van der Waals surface area contributed by atoms with Crippen molar-refractivity contribution in [1.29, 1.82) is 0 Å². The van der Waals surface area contributed by atoms with Crippen LogP contribution in [0, 0.1) is 0 Å². The number of nitrogens with one attached hydrogen (secondary N) is 1. The van der Waals surface area contributed by atoms with Gasteiger partial charge < -0.3 is 5.32 Å². The van der Waals surface area contributed by atoms with Gasteiger partial charge in [0.25, 0.3) is 0 Å². The van der Waals surface area contributed by atoms with E-state index in [1.54, 1.807) is 11.3 Å². The molecule has 0 amide bonds. The Kier molecular flexibility index (Phi) is 2.98. The van der Waals surface area contributed by atoms with Crippen molar-refractivity contribution in [2.24, 2.45) is 0 Å². The Hall–Kier alpha value is 0.430. The van der Waals surface area contributed by atoms with Crippen molar-refractivity contribution in [1.82, 2.24) is 5.32 Å². The summed E-state index contributed by atoms with van der Waals surface area (Å²) in [4.78, 5) is 1.47. The molecule has 0 fully saturated rings. The molecule has 1 aromatic heterocycles. The fourth-order valence-corrected chi connectivity index (χ4v) is 4.18. The maximum Gasteiger partial charge on any atom is 0.0890 e. The first kappa shape index (κ1) is 9.97. The predicted molar refractivity (Wildman–Crippen MR) is 62.0 cm³/mol. The molecule has 0 saturated heterocycles. The van der Waals surface area contributed by atoms with Crippen molar-refractivity contribution in [2.75, 3.05) is 13.6 Å². The average Bonchev–Trinajstić information content (AvgIpc) is 2.58.